The number of pyridine rings is 1. The molecule has 1 aliphatic heterocycles. The van der Waals surface area contributed by atoms with Crippen LogP contribution in [-0.4, -0.2) is 45.9 Å². The van der Waals surface area contributed by atoms with Crippen molar-refractivity contribution in [1.29, 1.82) is 0 Å². The largest absolute Gasteiger partial charge is 0.494 e. The average Bonchev–Trinajstić information content (AvgIpc) is 3.59. The van der Waals surface area contributed by atoms with Gasteiger partial charge >= 0.3 is 0 Å². The van der Waals surface area contributed by atoms with Crippen molar-refractivity contribution >= 4 is 23.3 Å². The highest BCUT2D eigenvalue weighted by atomic mass is 35.5. The molecule has 1 aliphatic carbocycles. The fraction of sp³-hybridized carbons (Fsp3) is 0.481. The molecule has 190 valence electrons. The van der Waals surface area contributed by atoms with Gasteiger partial charge in [0.2, 0.25) is 5.82 Å². The lowest BCUT2D eigenvalue weighted by Gasteiger charge is -2.22. The molecule has 3 aromatic rings. The molecule has 1 unspecified atom stereocenters. The number of rotatable bonds is 9. The van der Waals surface area contributed by atoms with Crippen LogP contribution in [0.1, 0.15) is 61.4 Å². The molecule has 2 N–H and O–H groups in total. The summed E-state index contributed by atoms with van der Waals surface area (Å²) in [4.78, 5) is 21.4. The molecule has 1 saturated carbocycles. The molecule has 5 rings (SSSR count). The zero-order valence-corrected chi connectivity index (χ0v) is 21.1. The van der Waals surface area contributed by atoms with Gasteiger partial charge < -0.3 is 14.8 Å². The van der Waals surface area contributed by atoms with Crippen LogP contribution in [0.2, 0.25) is 5.02 Å². The predicted octanol–water partition coefficient (Wildman–Crippen LogP) is 5.70. The van der Waals surface area contributed by atoms with Crippen molar-refractivity contribution < 1.29 is 14.3 Å². The highest BCUT2D eigenvalue weighted by molar-refractivity contribution is 6.33. The van der Waals surface area contributed by atoms with Crippen LogP contribution in [0.4, 0.5) is 5.82 Å². The van der Waals surface area contributed by atoms with Gasteiger partial charge in [-0.25, -0.2) is 9.97 Å². The molecule has 8 nitrogen and oxygen atoms in total. The van der Waals surface area contributed by atoms with Gasteiger partial charge in [0.05, 0.1) is 6.61 Å². The monoisotopic (exact) mass is 509 g/mol. The molecule has 0 radical (unpaired) electrons. The second-order valence-corrected chi connectivity index (χ2v) is 10.1. The molecule has 1 atom stereocenters. The lowest BCUT2D eigenvalue weighted by Crippen LogP contribution is -2.19. The molecule has 1 saturated heterocycles. The van der Waals surface area contributed by atoms with E-state index in [4.69, 9.17) is 21.1 Å². The minimum absolute atomic E-state index is 0.118. The second-order valence-electron chi connectivity index (χ2n) is 9.71. The van der Waals surface area contributed by atoms with E-state index >= 15 is 0 Å². The van der Waals surface area contributed by atoms with Gasteiger partial charge in [0.15, 0.2) is 0 Å². The number of hydrogen-bond acceptors (Lipinski definition) is 6. The van der Waals surface area contributed by atoms with Crippen molar-refractivity contribution in [2.24, 2.45) is 11.8 Å². The van der Waals surface area contributed by atoms with Crippen LogP contribution in [0.15, 0.2) is 36.5 Å². The first kappa shape index (κ1) is 24.7. The molecule has 9 heteroatoms. The molecule has 0 spiro atoms. The van der Waals surface area contributed by atoms with Crippen molar-refractivity contribution in [3.8, 4) is 16.9 Å². The number of ether oxygens (including phenoxy) is 2. The third-order valence-corrected chi connectivity index (χ3v) is 7.32. The zero-order chi connectivity index (χ0) is 24.7. The summed E-state index contributed by atoms with van der Waals surface area (Å²) in [6.45, 7) is 2.31. The van der Waals surface area contributed by atoms with E-state index in [0.717, 1.165) is 55.2 Å². The van der Waals surface area contributed by atoms with E-state index in [1.54, 1.807) is 12.3 Å². The maximum atomic E-state index is 12.7. The molecule has 3 heterocycles. The topological polar surface area (TPSA) is 102 Å². The van der Waals surface area contributed by atoms with Crippen LogP contribution in [-0.2, 0) is 11.2 Å². The summed E-state index contributed by atoms with van der Waals surface area (Å²) < 4.78 is 11.6. The van der Waals surface area contributed by atoms with Crippen molar-refractivity contribution in [2.45, 2.75) is 51.4 Å². The van der Waals surface area contributed by atoms with Crippen molar-refractivity contribution in [3.63, 3.8) is 0 Å². The Bertz CT molecular complexity index is 1170. The molecule has 2 fully saturated rings. The predicted molar refractivity (Wildman–Crippen MR) is 138 cm³/mol. The molecular formula is C27H32ClN5O3. The number of aromatic amines is 1. The average molecular weight is 510 g/mol. The summed E-state index contributed by atoms with van der Waals surface area (Å²) in [6, 6.07) is 9.26. The Morgan fingerprint density at radius 1 is 1.14 bits per heavy atom. The van der Waals surface area contributed by atoms with E-state index in [9.17, 15) is 4.79 Å². The number of benzene rings is 1. The number of carbonyl (C=O) groups is 1. The lowest BCUT2D eigenvalue weighted by molar-refractivity contribution is 0.0462. The molecule has 0 bridgehead atoms. The van der Waals surface area contributed by atoms with Crippen LogP contribution in [0.5, 0.6) is 5.75 Å². The second kappa shape index (κ2) is 11.8. The maximum absolute atomic E-state index is 12.7. The summed E-state index contributed by atoms with van der Waals surface area (Å²) in [5.41, 5.74) is 1.64. The number of nitrogens with zero attached hydrogens (tertiary/aromatic N) is 3. The molecule has 1 aromatic carbocycles. The Morgan fingerprint density at radius 3 is 2.83 bits per heavy atom. The summed E-state index contributed by atoms with van der Waals surface area (Å²) in [7, 11) is 0. The first-order valence-electron chi connectivity index (χ1n) is 12.8. The first-order valence-corrected chi connectivity index (χ1v) is 13.2. The maximum Gasteiger partial charge on any atom is 0.296 e. The number of hydrogen-bond donors (Lipinski definition) is 2. The SMILES string of the molecule is O=C(Nc1cc(-c2cc(OCCC3CCCOC3)ccc2Cl)ccn1)c1n[nH]c(CC2CCCC2)n1. The Morgan fingerprint density at radius 2 is 2.00 bits per heavy atom. The molecular weight excluding hydrogens is 478 g/mol. The molecule has 2 aromatic heterocycles. The zero-order valence-electron chi connectivity index (χ0n) is 20.3. The van der Waals surface area contributed by atoms with Crippen LogP contribution >= 0.6 is 11.6 Å². The highest BCUT2D eigenvalue weighted by Crippen LogP contribution is 2.33. The van der Waals surface area contributed by atoms with Crippen LogP contribution in [0.25, 0.3) is 11.1 Å². The number of anilines is 1. The van der Waals surface area contributed by atoms with Gasteiger partial charge in [0, 0.05) is 36.4 Å². The van der Waals surface area contributed by atoms with Gasteiger partial charge in [-0.05, 0) is 67.0 Å². The van der Waals surface area contributed by atoms with Crippen LogP contribution < -0.4 is 10.1 Å². The third-order valence-electron chi connectivity index (χ3n) is 6.99. The van der Waals surface area contributed by atoms with Gasteiger partial charge in [-0.3, -0.25) is 9.89 Å². The quantitative estimate of drug-likeness (QED) is 0.383. The van der Waals surface area contributed by atoms with Gasteiger partial charge in [0.1, 0.15) is 17.4 Å². The number of aromatic nitrogens is 4. The van der Waals surface area contributed by atoms with E-state index in [1.807, 2.05) is 24.3 Å². The van der Waals surface area contributed by atoms with E-state index in [2.05, 4.69) is 25.5 Å². The summed E-state index contributed by atoms with van der Waals surface area (Å²) in [5, 5.41) is 10.4. The van der Waals surface area contributed by atoms with E-state index in [0.29, 0.717) is 29.3 Å². The van der Waals surface area contributed by atoms with Crippen LogP contribution in [0.3, 0.4) is 0 Å². The van der Waals surface area contributed by atoms with Crippen LogP contribution in [0, 0.1) is 11.8 Å². The van der Waals surface area contributed by atoms with E-state index in [-0.39, 0.29) is 5.82 Å². The normalized spacial score (nSPS) is 18.3. The van der Waals surface area contributed by atoms with Gasteiger partial charge in [-0.15, -0.1) is 5.10 Å². The minimum Gasteiger partial charge on any atom is -0.494 e. The summed E-state index contributed by atoms with van der Waals surface area (Å²) in [6.07, 6.45) is 10.7. The van der Waals surface area contributed by atoms with Gasteiger partial charge in [-0.2, -0.15) is 0 Å². The third kappa shape index (κ3) is 6.42. The summed E-state index contributed by atoms with van der Waals surface area (Å²) in [5.74, 6) is 2.81. The summed E-state index contributed by atoms with van der Waals surface area (Å²) >= 11 is 6.51. The Hall–Kier alpha value is -2.97. The highest BCUT2D eigenvalue weighted by Gasteiger charge is 2.20. The number of halogens is 1. The van der Waals surface area contributed by atoms with Crippen molar-refractivity contribution in [2.75, 3.05) is 25.1 Å². The number of carbonyl (C=O) groups excluding carboxylic acids is 1. The Balaban J connectivity index is 1.21. The number of H-pyrrole nitrogens is 1. The van der Waals surface area contributed by atoms with Gasteiger partial charge in [0.25, 0.3) is 5.91 Å². The standard InChI is InChI=1S/C27H32ClN5O3/c28-23-8-7-21(36-13-10-19-6-3-12-35-17-19)16-22(23)20-9-11-29-24(15-20)31-27(34)26-30-25(32-33-26)14-18-4-1-2-5-18/h7-9,11,15-16,18-19H,1-6,10,12-14,17H2,(H,29,31,34)(H,30,32,33). The van der Waals surface area contributed by atoms with E-state index < -0.39 is 5.91 Å². The van der Waals surface area contributed by atoms with Crippen molar-refractivity contribution in [3.05, 3.63) is 53.2 Å². The molecule has 36 heavy (non-hydrogen) atoms. The Kier molecular flexibility index (Phi) is 8.13. The fourth-order valence-corrected chi connectivity index (χ4v) is 5.24. The number of amides is 1. The van der Waals surface area contributed by atoms with Crippen molar-refractivity contribution in [1.82, 2.24) is 20.2 Å². The molecule has 1 amide bonds. The minimum atomic E-state index is -0.400. The van der Waals surface area contributed by atoms with E-state index in [1.165, 1.54) is 32.1 Å². The fourth-order valence-electron chi connectivity index (χ4n) is 5.01. The first-order chi connectivity index (χ1) is 17.6. The number of nitrogens with one attached hydrogen (secondary N) is 2. The van der Waals surface area contributed by atoms with Gasteiger partial charge in [-0.1, -0.05) is 37.3 Å². The molecule has 2 aliphatic rings. The smallest absolute Gasteiger partial charge is 0.296 e. The Labute approximate surface area is 216 Å². The lowest BCUT2D eigenvalue weighted by atomic mass is 9.99.